The maximum absolute atomic E-state index is 13.2. The Morgan fingerprint density at radius 2 is 2.06 bits per heavy atom. The molecule has 18 heavy (non-hydrogen) atoms. The molecule has 1 aromatic heterocycles. The summed E-state index contributed by atoms with van der Waals surface area (Å²) in [7, 11) is 0. The number of nitrogens with two attached hydrogens (primary N) is 1. The van der Waals surface area contributed by atoms with Crippen molar-refractivity contribution in [2.24, 2.45) is 0 Å². The first-order valence-electron chi connectivity index (χ1n) is 5.51. The highest BCUT2D eigenvalue weighted by Crippen LogP contribution is 2.28. The topological polar surface area (TPSA) is 38.0 Å². The average Bonchev–Trinajstić information content (AvgIpc) is 2.62. The van der Waals surface area contributed by atoms with Gasteiger partial charge >= 0.3 is 0 Å². The van der Waals surface area contributed by atoms with Crippen LogP contribution in [0.15, 0.2) is 22.7 Å². The molecule has 0 bridgehead atoms. The molecule has 0 fully saturated rings. The van der Waals surface area contributed by atoms with Crippen molar-refractivity contribution in [2.45, 2.75) is 20.4 Å². The van der Waals surface area contributed by atoms with Gasteiger partial charge < -0.3 is 11.1 Å². The van der Waals surface area contributed by atoms with Crippen LogP contribution in [0.5, 0.6) is 0 Å². The van der Waals surface area contributed by atoms with Gasteiger partial charge in [0.2, 0.25) is 0 Å². The van der Waals surface area contributed by atoms with E-state index in [-0.39, 0.29) is 5.82 Å². The summed E-state index contributed by atoms with van der Waals surface area (Å²) in [6.07, 6.45) is 0. The Kier molecular flexibility index (Phi) is 3.92. The highest BCUT2D eigenvalue weighted by molar-refractivity contribution is 9.10. The van der Waals surface area contributed by atoms with Crippen molar-refractivity contribution in [3.63, 3.8) is 0 Å². The summed E-state index contributed by atoms with van der Waals surface area (Å²) < 4.78 is 13.6. The normalized spacial score (nSPS) is 10.7. The third kappa shape index (κ3) is 2.84. The number of benzene rings is 1. The molecule has 0 radical (unpaired) electrons. The van der Waals surface area contributed by atoms with E-state index in [1.165, 1.54) is 21.4 Å². The lowest BCUT2D eigenvalue weighted by molar-refractivity contribution is 0.622. The van der Waals surface area contributed by atoms with Crippen LogP contribution in [-0.2, 0) is 6.54 Å². The lowest BCUT2D eigenvalue weighted by atomic mass is 10.2. The molecule has 1 aromatic carbocycles. The van der Waals surface area contributed by atoms with Gasteiger partial charge in [-0.2, -0.15) is 0 Å². The number of aryl methyl sites for hydroxylation is 2. The molecule has 2 nitrogen and oxygen atoms in total. The zero-order valence-corrected chi connectivity index (χ0v) is 12.6. The van der Waals surface area contributed by atoms with Crippen molar-refractivity contribution in [1.82, 2.24) is 0 Å². The number of anilines is 2. The van der Waals surface area contributed by atoms with E-state index in [1.807, 2.05) is 0 Å². The number of rotatable bonds is 3. The lowest BCUT2D eigenvalue weighted by Gasteiger charge is -2.09. The number of hydrogen-bond acceptors (Lipinski definition) is 3. The molecule has 2 aromatic rings. The van der Waals surface area contributed by atoms with E-state index in [0.29, 0.717) is 16.7 Å². The van der Waals surface area contributed by atoms with E-state index in [1.54, 1.807) is 17.4 Å². The monoisotopic (exact) mass is 328 g/mol. The maximum atomic E-state index is 13.2. The summed E-state index contributed by atoms with van der Waals surface area (Å²) in [5.41, 5.74) is 8.23. The third-order valence-electron chi connectivity index (χ3n) is 2.76. The Labute approximate surface area is 118 Å². The molecule has 1 heterocycles. The molecule has 5 heteroatoms. The smallest absolute Gasteiger partial charge is 0.139 e. The zero-order valence-electron chi connectivity index (χ0n) is 10.2. The van der Waals surface area contributed by atoms with Gasteiger partial charge in [0.1, 0.15) is 5.82 Å². The van der Waals surface area contributed by atoms with Crippen LogP contribution in [0.2, 0.25) is 0 Å². The molecule has 0 amide bonds. The van der Waals surface area contributed by atoms with Gasteiger partial charge in [0.05, 0.1) is 15.8 Å². The van der Waals surface area contributed by atoms with Crippen LogP contribution >= 0.6 is 27.3 Å². The summed E-state index contributed by atoms with van der Waals surface area (Å²) >= 11 is 4.91. The van der Waals surface area contributed by atoms with Crippen LogP contribution < -0.4 is 11.1 Å². The average molecular weight is 329 g/mol. The van der Waals surface area contributed by atoms with E-state index in [0.717, 1.165) is 5.69 Å². The van der Waals surface area contributed by atoms with Crippen LogP contribution in [0.1, 0.15) is 15.3 Å². The Bertz CT molecular complexity index is 561. The van der Waals surface area contributed by atoms with Crippen LogP contribution in [0.25, 0.3) is 0 Å². The van der Waals surface area contributed by atoms with Crippen LogP contribution in [-0.4, -0.2) is 0 Å². The van der Waals surface area contributed by atoms with Gasteiger partial charge in [-0.05, 0) is 47.5 Å². The number of nitrogens with one attached hydrogen (secondary N) is 1. The minimum Gasteiger partial charge on any atom is -0.397 e. The lowest BCUT2D eigenvalue weighted by Crippen LogP contribution is -2.02. The molecular formula is C13H14BrFN2S. The number of nitrogen functional groups attached to an aromatic ring is 1. The Hall–Kier alpha value is -1.07. The van der Waals surface area contributed by atoms with Gasteiger partial charge in [-0.3, -0.25) is 0 Å². The second-order valence-corrected chi connectivity index (χ2v) is 6.35. The fourth-order valence-corrected chi connectivity index (χ4v) is 2.97. The van der Waals surface area contributed by atoms with Gasteiger partial charge in [0.15, 0.2) is 0 Å². The molecule has 0 saturated carbocycles. The first kappa shape index (κ1) is 13.4. The van der Waals surface area contributed by atoms with Crippen LogP contribution in [0.4, 0.5) is 15.8 Å². The van der Waals surface area contributed by atoms with E-state index in [9.17, 15) is 4.39 Å². The molecule has 0 unspecified atom stereocenters. The van der Waals surface area contributed by atoms with Crippen molar-refractivity contribution in [3.8, 4) is 0 Å². The van der Waals surface area contributed by atoms with Crippen LogP contribution in [0.3, 0.4) is 0 Å². The SMILES string of the molecule is Cc1cc(CNc2cc(Br)c(F)cc2N)sc1C. The summed E-state index contributed by atoms with van der Waals surface area (Å²) in [6.45, 7) is 4.89. The fourth-order valence-electron chi connectivity index (χ4n) is 1.63. The molecule has 0 aliphatic heterocycles. The van der Waals surface area contributed by atoms with Crippen molar-refractivity contribution in [1.29, 1.82) is 0 Å². The second-order valence-electron chi connectivity index (χ2n) is 4.16. The minimum absolute atomic E-state index is 0.346. The van der Waals surface area contributed by atoms with Gasteiger partial charge in [0, 0.05) is 22.4 Å². The van der Waals surface area contributed by atoms with Crippen molar-refractivity contribution >= 4 is 38.6 Å². The Morgan fingerprint density at radius 3 is 2.67 bits per heavy atom. The van der Waals surface area contributed by atoms with E-state index >= 15 is 0 Å². The van der Waals surface area contributed by atoms with Crippen molar-refractivity contribution < 1.29 is 4.39 Å². The molecule has 3 N–H and O–H groups in total. The second kappa shape index (κ2) is 5.28. The van der Waals surface area contributed by atoms with Gasteiger partial charge in [-0.15, -0.1) is 11.3 Å². The molecule has 2 rings (SSSR count). The number of thiophene rings is 1. The molecule has 96 valence electrons. The zero-order chi connectivity index (χ0) is 13.3. The summed E-state index contributed by atoms with van der Waals surface area (Å²) in [5, 5.41) is 3.23. The van der Waals surface area contributed by atoms with E-state index in [4.69, 9.17) is 5.73 Å². The summed E-state index contributed by atoms with van der Waals surface area (Å²) in [4.78, 5) is 2.56. The number of hydrogen-bond donors (Lipinski definition) is 2. The molecule has 0 spiro atoms. The minimum atomic E-state index is -0.346. The first-order valence-corrected chi connectivity index (χ1v) is 7.12. The quantitative estimate of drug-likeness (QED) is 0.816. The van der Waals surface area contributed by atoms with Gasteiger partial charge in [0.25, 0.3) is 0 Å². The summed E-state index contributed by atoms with van der Waals surface area (Å²) in [5.74, 6) is -0.346. The van der Waals surface area contributed by atoms with Gasteiger partial charge in [-0.25, -0.2) is 4.39 Å². The fraction of sp³-hybridized carbons (Fsp3) is 0.231. The molecule has 0 saturated heterocycles. The summed E-state index contributed by atoms with van der Waals surface area (Å²) in [6, 6.07) is 5.14. The van der Waals surface area contributed by atoms with Crippen molar-refractivity contribution in [3.05, 3.63) is 43.8 Å². The molecule has 0 aliphatic carbocycles. The first-order chi connectivity index (χ1) is 8.47. The molecule has 0 aliphatic rings. The number of halogens is 2. The molecular weight excluding hydrogens is 315 g/mol. The third-order valence-corrected chi connectivity index (χ3v) is 4.52. The maximum Gasteiger partial charge on any atom is 0.139 e. The highest BCUT2D eigenvalue weighted by atomic mass is 79.9. The predicted molar refractivity (Wildman–Crippen MR) is 79.6 cm³/mol. The molecule has 0 atom stereocenters. The largest absolute Gasteiger partial charge is 0.397 e. The Balaban J connectivity index is 2.13. The van der Waals surface area contributed by atoms with Crippen molar-refractivity contribution in [2.75, 3.05) is 11.1 Å². The van der Waals surface area contributed by atoms with Crippen LogP contribution in [0, 0.1) is 19.7 Å². The standard InChI is InChI=1S/C13H14BrFN2S/c1-7-3-9(18-8(7)2)6-17-13-4-10(14)11(15)5-12(13)16/h3-5,17H,6,16H2,1-2H3. The highest BCUT2D eigenvalue weighted by Gasteiger charge is 2.07. The Morgan fingerprint density at radius 1 is 1.33 bits per heavy atom. The van der Waals surface area contributed by atoms with E-state index in [2.05, 4.69) is 41.2 Å². The predicted octanol–water partition coefficient (Wildman–Crippen LogP) is 4.46. The van der Waals surface area contributed by atoms with E-state index < -0.39 is 0 Å². The van der Waals surface area contributed by atoms with Gasteiger partial charge in [-0.1, -0.05) is 0 Å².